The molecule has 0 saturated carbocycles. The maximum absolute atomic E-state index is 5.39. The highest BCUT2D eigenvalue weighted by atomic mass is 16.5. The first-order valence-electron chi connectivity index (χ1n) is 7.32. The van der Waals surface area contributed by atoms with E-state index in [9.17, 15) is 0 Å². The Balaban J connectivity index is 1.87. The van der Waals surface area contributed by atoms with Gasteiger partial charge in [-0.3, -0.25) is 0 Å². The van der Waals surface area contributed by atoms with Gasteiger partial charge in [-0.2, -0.15) is 0 Å². The van der Waals surface area contributed by atoms with Crippen LogP contribution in [-0.2, 0) is 4.74 Å². The number of nitrogens with one attached hydrogen (secondary N) is 1. The number of rotatable bonds is 9. The van der Waals surface area contributed by atoms with Gasteiger partial charge in [-0.15, -0.1) is 0 Å². The lowest BCUT2D eigenvalue weighted by atomic mass is 10.1. The number of hydrogen-bond donors (Lipinski definition) is 1. The number of piperidine rings is 1. The van der Waals surface area contributed by atoms with Crippen LogP contribution in [-0.4, -0.2) is 50.8 Å². The van der Waals surface area contributed by atoms with E-state index in [0.717, 1.165) is 0 Å². The van der Waals surface area contributed by atoms with Gasteiger partial charge in [-0.1, -0.05) is 13.3 Å². The van der Waals surface area contributed by atoms with Gasteiger partial charge in [-0.05, 0) is 51.7 Å². The maximum atomic E-state index is 5.39. The number of hydrogen-bond acceptors (Lipinski definition) is 3. The van der Waals surface area contributed by atoms with Gasteiger partial charge in [0.1, 0.15) is 0 Å². The lowest BCUT2D eigenvalue weighted by Gasteiger charge is -2.31. The molecular formula is C14H30N2O. The average Bonchev–Trinajstić information content (AvgIpc) is 2.38. The molecule has 0 aromatic rings. The van der Waals surface area contributed by atoms with Crippen molar-refractivity contribution in [3.63, 3.8) is 0 Å². The average molecular weight is 242 g/mol. The van der Waals surface area contributed by atoms with Crippen LogP contribution in [0.25, 0.3) is 0 Å². The van der Waals surface area contributed by atoms with E-state index in [2.05, 4.69) is 17.1 Å². The minimum atomic E-state index is 0.518. The van der Waals surface area contributed by atoms with Crippen LogP contribution < -0.4 is 5.32 Å². The molecular weight excluding hydrogens is 212 g/mol. The molecule has 1 heterocycles. The quantitative estimate of drug-likeness (QED) is 0.628. The lowest BCUT2D eigenvalue weighted by molar-refractivity contribution is 0.0407. The smallest absolute Gasteiger partial charge is 0.0595 e. The summed E-state index contributed by atoms with van der Waals surface area (Å²) in [4.78, 5) is 2.59. The summed E-state index contributed by atoms with van der Waals surface area (Å²) in [6, 6.07) is 0. The number of likely N-dealkylation sites (tertiary alicyclic amines) is 1. The Bertz CT molecular complexity index is 168. The number of nitrogens with zero attached hydrogens (tertiary/aromatic N) is 1. The lowest BCUT2D eigenvalue weighted by Crippen LogP contribution is -2.37. The van der Waals surface area contributed by atoms with E-state index >= 15 is 0 Å². The van der Waals surface area contributed by atoms with Crippen molar-refractivity contribution in [2.24, 2.45) is 0 Å². The van der Waals surface area contributed by atoms with Gasteiger partial charge in [0.15, 0.2) is 0 Å². The number of methoxy groups -OCH3 is 1. The minimum Gasteiger partial charge on any atom is -0.381 e. The standard InChI is InChI=1S/C14H30N2O/c1-3-9-15-10-5-4-6-11-16-12-7-14(17-2)8-13-16/h14-15H,3-13H2,1-2H3. The molecule has 0 unspecified atom stereocenters. The topological polar surface area (TPSA) is 24.5 Å². The third-order valence-corrected chi connectivity index (χ3v) is 3.62. The molecule has 3 heteroatoms. The molecule has 0 aromatic carbocycles. The molecule has 1 saturated heterocycles. The second kappa shape index (κ2) is 9.86. The minimum absolute atomic E-state index is 0.518. The van der Waals surface area contributed by atoms with Gasteiger partial charge in [0, 0.05) is 20.2 Å². The van der Waals surface area contributed by atoms with Gasteiger partial charge >= 0.3 is 0 Å². The fourth-order valence-electron chi connectivity index (χ4n) is 2.43. The molecule has 17 heavy (non-hydrogen) atoms. The normalized spacial score (nSPS) is 18.7. The maximum Gasteiger partial charge on any atom is 0.0595 e. The highest BCUT2D eigenvalue weighted by molar-refractivity contribution is 4.71. The molecule has 0 spiro atoms. The van der Waals surface area contributed by atoms with E-state index < -0.39 is 0 Å². The summed E-state index contributed by atoms with van der Waals surface area (Å²) in [6.07, 6.45) is 8.24. The fraction of sp³-hybridized carbons (Fsp3) is 1.00. The van der Waals surface area contributed by atoms with Gasteiger partial charge in [0.25, 0.3) is 0 Å². The molecule has 0 bridgehead atoms. The fourth-order valence-corrected chi connectivity index (χ4v) is 2.43. The largest absolute Gasteiger partial charge is 0.381 e. The predicted octanol–water partition coefficient (Wildman–Crippen LogP) is 2.27. The van der Waals surface area contributed by atoms with Crippen molar-refractivity contribution in [2.75, 3.05) is 39.8 Å². The summed E-state index contributed by atoms with van der Waals surface area (Å²) >= 11 is 0. The molecule has 1 rings (SSSR count). The summed E-state index contributed by atoms with van der Waals surface area (Å²) in [7, 11) is 1.84. The first kappa shape index (κ1) is 14.9. The monoisotopic (exact) mass is 242 g/mol. The van der Waals surface area contributed by atoms with Gasteiger partial charge in [0.2, 0.25) is 0 Å². The molecule has 0 aliphatic carbocycles. The number of ether oxygens (including phenoxy) is 1. The Morgan fingerprint density at radius 2 is 1.88 bits per heavy atom. The van der Waals surface area contributed by atoms with Crippen LogP contribution in [0.3, 0.4) is 0 Å². The Morgan fingerprint density at radius 3 is 2.53 bits per heavy atom. The molecule has 1 N–H and O–H groups in total. The Labute approximate surface area is 107 Å². The van der Waals surface area contributed by atoms with Crippen molar-refractivity contribution in [1.29, 1.82) is 0 Å². The van der Waals surface area contributed by atoms with Gasteiger partial charge < -0.3 is 15.0 Å². The van der Waals surface area contributed by atoms with Crippen molar-refractivity contribution < 1.29 is 4.74 Å². The third kappa shape index (κ3) is 7.02. The summed E-state index contributed by atoms with van der Waals surface area (Å²) in [5.41, 5.74) is 0. The summed E-state index contributed by atoms with van der Waals surface area (Å²) < 4.78 is 5.39. The Morgan fingerprint density at radius 1 is 1.12 bits per heavy atom. The van der Waals surface area contributed by atoms with Crippen molar-refractivity contribution in [3.05, 3.63) is 0 Å². The summed E-state index contributed by atoms with van der Waals surface area (Å²) in [5, 5.41) is 3.46. The highest BCUT2D eigenvalue weighted by Crippen LogP contribution is 2.13. The van der Waals surface area contributed by atoms with Crippen LogP contribution in [0.1, 0.15) is 45.4 Å². The van der Waals surface area contributed by atoms with Crippen molar-refractivity contribution in [1.82, 2.24) is 10.2 Å². The zero-order valence-electron chi connectivity index (χ0n) is 11.7. The van der Waals surface area contributed by atoms with E-state index in [0.29, 0.717) is 6.10 Å². The van der Waals surface area contributed by atoms with Crippen LogP contribution in [0.5, 0.6) is 0 Å². The first-order valence-corrected chi connectivity index (χ1v) is 7.32. The van der Waals surface area contributed by atoms with Crippen LogP contribution in [0.15, 0.2) is 0 Å². The number of unbranched alkanes of at least 4 members (excludes halogenated alkanes) is 2. The zero-order chi connectivity index (χ0) is 12.3. The van der Waals surface area contributed by atoms with Crippen LogP contribution >= 0.6 is 0 Å². The van der Waals surface area contributed by atoms with Crippen molar-refractivity contribution >= 4 is 0 Å². The molecule has 0 radical (unpaired) electrons. The second-order valence-electron chi connectivity index (χ2n) is 5.09. The first-order chi connectivity index (χ1) is 8.36. The molecule has 0 atom stereocenters. The van der Waals surface area contributed by atoms with E-state index in [4.69, 9.17) is 4.74 Å². The summed E-state index contributed by atoms with van der Waals surface area (Å²) in [5.74, 6) is 0. The Hall–Kier alpha value is -0.120. The third-order valence-electron chi connectivity index (χ3n) is 3.62. The van der Waals surface area contributed by atoms with Crippen LogP contribution in [0.2, 0.25) is 0 Å². The highest BCUT2D eigenvalue weighted by Gasteiger charge is 2.17. The van der Waals surface area contributed by atoms with Crippen molar-refractivity contribution in [2.45, 2.75) is 51.6 Å². The Kier molecular flexibility index (Phi) is 8.67. The molecule has 0 aromatic heterocycles. The second-order valence-corrected chi connectivity index (χ2v) is 5.09. The molecule has 3 nitrogen and oxygen atoms in total. The summed E-state index contributed by atoms with van der Waals surface area (Å²) in [6.45, 7) is 8.32. The van der Waals surface area contributed by atoms with Crippen LogP contribution in [0.4, 0.5) is 0 Å². The SMILES string of the molecule is CCCNCCCCCN1CCC(OC)CC1. The van der Waals surface area contributed by atoms with E-state index in [1.807, 2.05) is 7.11 Å². The molecule has 0 amide bonds. The van der Waals surface area contributed by atoms with Gasteiger partial charge in [0.05, 0.1) is 6.10 Å². The zero-order valence-corrected chi connectivity index (χ0v) is 11.7. The predicted molar refractivity (Wildman–Crippen MR) is 73.5 cm³/mol. The molecule has 1 fully saturated rings. The molecule has 1 aliphatic rings. The van der Waals surface area contributed by atoms with E-state index in [1.165, 1.54) is 71.2 Å². The van der Waals surface area contributed by atoms with Crippen LogP contribution in [0, 0.1) is 0 Å². The van der Waals surface area contributed by atoms with E-state index in [-0.39, 0.29) is 0 Å². The molecule has 102 valence electrons. The van der Waals surface area contributed by atoms with Crippen molar-refractivity contribution in [3.8, 4) is 0 Å². The van der Waals surface area contributed by atoms with Gasteiger partial charge in [-0.25, -0.2) is 0 Å². The van der Waals surface area contributed by atoms with E-state index in [1.54, 1.807) is 0 Å². The molecule has 1 aliphatic heterocycles.